The third-order valence-corrected chi connectivity index (χ3v) is 9.91. The van der Waals surface area contributed by atoms with Gasteiger partial charge in [-0.25, -0.2) is 0 Å². The average molecular weight is 676 g/mol. The Labute approximate surface area is 282 Å². The summed E-state index contributed by atoms with van der Waals surface area (Å²) in [5, 5.41) is 0. The molecule has 2 unspecified atom stereocenters. The van der Waals surface area contributed by atoms with E-state index in [1.165, 1.54) is 89.8 Å². The summed E-state index contributed by atoms with van der Waals surface area (Å²) in [6.07, 6.45) is 21.2. The minimum atomic E-state index is -3.58. The maximum absolute atomic E-state index is 13.6. The molecule has 0 saturated heterocycles. The summed E-state index contributed by atoms with van der Waals surface area (Å²) in [4.78, 5) is 25.6. The Morgan fingerprint density at radius 2 is 1.49 bits per heavy atom. The summed E-state index contributed by atoms with van der Waals surface area (Å²) < 4.78 is 36.8. The Kier molecular flexibility index (Phi) is 19.1. The summed E-state index contributed by atoms with van der Waals surface area (Å²) in [5.41, 5.74) is 6.52. The summed E-state index contributed by atoms with van der Waals surface area (Å²) >= 11 is 0. The van der Waals surface area contributed by atoms with E-state index in [2.05, 4.69) is 28.8 Å². The number of nitrogens with zero attached hydrogens (tertiary/aromatic N) is 4. The van der Waals surface area contributed by atoms with Crippen LogP contribution in [-0.2, 0) is 34.5 Å². The highest BCUT2D eigenvalue weighted by Gasteiger charge is 2.35. The molecule has 12 heteroatoms. The van der Waals surface area contributed by atoms with Crippen molar-refractivity contribution in [3.8, 4) is 0 Å². The van der Waals surface area contributed by atoms with E-state index in [0.29, 0.717) is 19.0 Å². The summed E-state index contributed by atoms with van der Waals surface area (Å²) in [7, 11) is -3.58. The highest BCUT2D eigenvalue weighted by molar-refractivity contribution is 7.53. The fourth-order valence-electron chi connectivity index (χ4n) is 5.55. The van der Waals surface area contributed by atoms with E-state index in [4.69, 9.17) is 24.3 Å². The Hall–Kier alpha value is -2.43. The number of guanidine groups is 1. The maximum atomic E-state index is 13.6. The van der Waals surface area contributed by atoms with Gasteiger partial charge in [-0.1, -0.05) is 127 Å². The molecule has 3 rings (SSSR count). The first-order valence-corrected chi connectivity index (χ1v) is 19.5. The second kappa shape index (κ2) is 23.0. The van der Waals surface area contributed by atoms with E-state index in [0.717, 1.165) is 18.4 Å². The van der Waals surface area contributed by atoms with Gasteiger partial charge in [-0.15, -0.1) is 0 Å². The third kappa shape index (κ3) is 16.0. The molecule has 2 N–H and O–H groups in total. The molecule has 0 spiro atoms. The second-order valence-corrected chi connectivity index (χ2v) is 14.4. The smallest absolute Gasteiger partial charge is 0.356 e. The molecule has 0 aromatic heterocycles. The van der Waals surface area contributed by atoms with Crippen LogP contribution in [-0.4, -0.2) is 73.8 Å². The van der Waals surface area contributed by atoms with Crippen molar-refractivity contribution >= 4 is 31.6 Å². The van der Waals surface area contributed by atoms with Gasteiger partial charge in [-0.3, -0.25) is 14.4 Å². The van der Waals surface area contributed by atoms with Crippen LogP contribution in [0.1, 0.15) is 116 Å². The van der Waals surface area contributed by atoms with Gasteiger partial charge in [0.1, 0.15) is 12.2 Å². The van der Waals surface area contributed by atoms with Crippen LogP contribution in [0.3, 0.4) is 0 Å². The first kappa shape index (κ1) is 39.0. The Morgan fingerprint density at radius 1 is 0.851 bits per heavy atom. The maximum Gasteiger partial charge on any atom is 0.356 e. The minimum Gasteiger partial charge on any atom is -0.376 e. The molecule has 0 aliphatic carbocycles. The quantitative estimate of drug-likeness (QED) is 0.0707. The number of benzene rings is 1. The molecule has 1 aromatic carbocycles. The first-order chi connectivity index (χ1) is 22.9. The van der Waals surface area contributed by atoms with Gasteiger partial charge in [-0.2, -0.15) is 9.98 Å². The van der Waals surface area contributed by atoms with Gasteiger partial charge in [0.2, 0.25) is 5.96 Å². The van der Waals surface area contributed by atoms with Crippen LogP contribution in [0.25, 0.3) is 0 Å². The molecule has 0 fully saturated rings. The van der Waals surface area contributed by atoms with Gasteiger partial charge in [0, 0.05) is 6.54 Å². The number of ether oxygens (including phenoxy) is 2. The number of nitrogens with two attached hydrogens (primary N) is 1. The molecule has 0 saturated carbocycles. The van der Waals surface area contributed by atoms with Crippen molar-refractivity contribution in [3.63, 3.8) is 0 Å². The monoisotopic (exact) mass is 675 g/mol. The number of hydrogen-bond acceptors (Lipinski definition) is 10. The van der Waals surface area contributed by atoms with Gasteiger partial charge in [0.15, 0.2) is 6.04 Å². The van der Waals surface area contributed by atoms with E-state index in [1.54, 1.807) is 4.90 Å². The van der Waals surface area contributed by atoms with Crippen molar-refractivity contribution in [1.82, 2.24) is 4.90 Å². The molecular formula is C35H58N5O6P. The SMILES string of the molecule is CCCCCCCCCCCCCCCCC(C)OCCO[P@](=O)(COCCN1C=NC2C(=O)N=C(N)N=C21)OCc1ccccc1. The van der Waals surface area contributed by atoms with Crippen molar-refractivity contribution in [2.45, 2.75) is 129 Å². The molecule has 2 heterocycles. The molecule has 2 aliphatic rings. The largest absolute Gasteiger partial charge is 0.376 e. The second-order valence-electron chi connectivity index (χ2n) is 12.4. The topological polar surface area (TPSA) is 137 Å². The highest BCUT2D eigenvalue weighted by Crippen LogP contribution is 2.48. The highest BCUT2D eigenvalue weighted by atomic mass is 31.2. The van der Waals surface area contributed by atoms with Crippen molar-refractivity contribution in [2.75, 3.05) is 32.7 Å². The van der Waals surface area contributed by atoms with Gasteiger partial charge in [0.25, 0.3) is 5.91 Å². The third-order valence-electron chi connectivity index (χ3n) is 8.32. The molecule has 264 valence electrons. The van der Waals surface area contributed by atoms with E-state index in [1.807, 2.05) is 30.3 Å². The van der Waals surface area contributed by atoms with E-state index >= 15 is 0 Å². The fourth-order valence-corrected chi connectivity index (χ4v) is 6.83. The van der Waals surface area contributed by atoms with Crippen molar-refractivity contribution in [2.24, 2.45) is 20.7 Å². The molecule has 3 atom stereocenters. The predicted octanol–water partition coefficient (Wildman–Crippen LogP) is 7.63. The van der Waals surface area contributed by atoms with Gasteiger partial charge in [-0.05, 0) is 18.9 Å². The van der Waals surface area contributed by atoms with Gasteiger partial charge < -0.3 is 29.2 Å². The molecule has 11 nitrogen and oxygen atoms in total. The zero-order chi connectivity index (χ0) is 33.6. The summed E-state index contributed by atoms with van der Waals surface area (Å²) in [6, 6.07) is 8.73. The number of rotatable bonds is 28. The van der Waals surface area contributed by atoms with E-state index in [-0.39, 0.29) is 38.2 Å². The number of carbonyl (C=O) groups is 1. The lowest BCUT2D eigenvalue weighted by Crippen LogP contribution is -2.41. The number of fused-ring (bicyclic) bond motifs is 1. The number of unbranched alkanes of at least 4 members (excludes halogenated alkanes) is 13. The molecular weight excluding hydrogens is 617 g/mol. The molecule has 47 heavy (non-hydrogen) atoms. The lowest BCUT2D eigenvalue weighted by atomic mass is 10.0. The number of aliphatic imine (C=N–C) groups is 3. The molecule has 1 amide bonds. The lowest BCUT2D eigenvalue weighted by molar-refractivity contribution is -0.117. The zero-order valence-corrected chi connectivity index (χ0v) is 29.6. The van der Waals surface area contributed by atoms with Crippen LogP contribution in [0.5, 0.6) is 0 Å². The first-order valence-electron chi connectivity index (χ1n) is 17.8. The standard InChI is InChI=1S/C35H58N5O6P/c1-3-4-5-6-7-8-9-10-11-12-13-14-15-17-20-30(2)44-25-26-45-47(42,46-27-31-21-18-16-19-22-31)29-43-24-23-40-28-37-32-33(40)38-35(36)39-34(32)41/h16,18-19,21-22,28,30,32H,3-15,17,20,23-27,29H2,1-2H3,(H2,36,39,41)/t30?,32?,47-/m1/s1. The van der Waals surface area contributed by atoms with Crippen molar-refractivity contribution in [1.29, 1.82) is 0 Å². The molecule has 0 radical (unpaired) electrons. The van der Waals surface area contributed by atoms with Crippen LogP contribution >= 0.6 is 7.60 Å². The Balaban J connectivity index is 1.26. The average Bonchev–Trinajstić information content (AvgIpc) is 3.48. The number of amides is 1. The Bertz CT molecular complexity index is 1160. The van der Waals surface area contributed by atoms with Gasteiger partial charge in [0.05, 0.1) is 38.9 Å². The van der Waals surface area contributed by atoms with Crippen LogP contribution in [0.2, 0.25) is 0 Å². The number of amidine groups is 1. The van der Waals surface area contributed by atoms with Crippen molar-refractivity contribution in [3.05, 3.63) is 35.9 Å². The minimum absolute atomic E-state index is 0.0963. The van der Waals surface area contributed by atoms with Crippen LogP contribution in [0.15, 0.2) is 45.3 Å². The summed E-state index contributed by atoms with van der Waals surface area (Å²) in [6.45, 7) is 5.45. The van der Waals surface area contributed by atoms with E-state index in [9.17, 15) is 9.36 Å². The molecule has 2 aliphatic heterocycles. The summed E-state index contributed by atoms with van der Waals surface area (Å²) in [5.74, 6) is -0.136. The number of carbonyl (C=O) groups excluding carboxylic acids is 1. The van der Waals surface area contributed by atoms with Crippen LogP contribution in [0.4, 0.5) is 0 Å². The fraction of sp³-hybridized carbons (Fsp3) is 0.714. The predicted molar refractivity (Wildman–Crippen MR) is 189 cm³/mol. The van der Waals surface area contributed by atoms with Crippen LogP contribution in [0, 0.1) is 0 Å². The van der Waals surface area contributed by atoms with Crippen LogP contribution < -0.4 is 5.73 Å². The number of hydrogen-bond donors (Lipinski definition) is 1. The van der Waals surface area contributed by atoms with Crippen molar-refractivity contribution < 1.29 is 27.9 Å². The molecule has 0 bridgehead atoms. The van der Waals surface area contributed by atoms with E-state index < -0.39 is 19.5 Å². The zero-order valence-electron chi connectivity index (χ0n) is 28.7. The molecule has 1 aromatic rings. The lowest BCUT2D eigenvalue weighted by Gasteiger charge is -2.22. The normalized spacial score (nSPS) is 17.8. The Morgan fingerprint density at radius 3 is 2.15 bits per heavy atom. The van der Waals surface area contributed by atoms with Gasteiger partial charge >= 0.3 is 7.60 Å².